The lowest BCUT2D eigenvalue weighted by Gasteiger charge is -2.30. The number of ether oxygens (including phenoxy) is 1. The molecule has 0 rings (SSSR count). The molecule has 15 heavy (non-hydrogen) atoms. The van der Waals surface area contributed by atoms with Crippen molar-refractivity contribution in [2.45, 2.75) is 20.6 Å². The quantitative estimate of drug-likeness (QED) is 0.538. The van der Waals surface area contributed by atoms with Crippen LogP contribution in [-0.4, -0.2) is 20.6 Å². The van der Waals surface area contributed by atoms with Crippen LogP contribution in [0.1, 0.15) is 0 Å². The lowest BCUT2D eigenvalue weighted by molar-refractivity contribution is -0.361. The minimum Gasteiger partial charge on any atom is -0.260 e. The summed E-state index contributed by atoms with van der Waals surface area (Å²) in [6.07, 6.45) is -5.45. The van der Waals surface area contributed by atoms with Crippen molar-refractivity contribution in [1.82, 2.24) is 0 Å². The topological polar surface area (TPSA) is 9.23 Å². The molecule has 92 valence electrons. The average Bonchev–Trinajstić information content (AvgIpc) is 1.77. The molecule has 0 aromatic carbocycles. The van der Waals surface area contributed by atoms with Crippen LogP contribution in [0.3, 0.4) is 0 Å². The third-order valence-electron chi connectivity index (χ3n) is 0.916. The van der Waals surface area contributed by atoms with E-state index in [1.807, 2.05) is 0 Å². The van der Waals surface area contributed by atoms with Crippen molar-refractivity contribution in [3.63, 3.8) is 0 Å². The van der Waals surface area contributed by atoms with Gasteiger partial charge in [0.25, 0.3) is 3.79 Å². The van der Waals surface area contributed by atoms with Crippen LogP contribution in [0, 0.1) is 0 Å². The van der Waals surface area contributed by atoms with Crippen molar-refractivity contribution in [2.75, 3.05) is 0 Å². The van der Waals surface area contributed by atoms with Gasteiger partial charge in [0.15, 0.2) is 0 Å². The summed E-state index contributed by atoms with van der Waals surface area (Å²) in [5, 5.41) is -9.38. The van der Waals surface area contributed by atoms with Gasteiger partial charge in [0, 0.05) is 0 Å². The highest BCUT2D eigenvalue weighted by Gasteiger charge is 2.65. The Morgan fingerprint density at radius 3 is 1.27 bits per heavy atom. The van der Waals surface area contributed by atoms with Crippen molar-refractivity contribution in [3.05, 3.63) is 0 Å². The molecule has 0 heterocycles. The molecule has 11 heteroatoms. The van der Waals surface area contributed by atoms with E-state index in [1.54, 1.807) is 0 Å². The molecule has 0 amide bonds. The van der Waals surface area contributed by atoms with Gasteiger partial charge in [-0.1, -0.05) is 34.8 Å². The summed E-state index contributed by atoms with van der Waals surface area (Å²) < 4.78 is 61.1. The molecule has 0 aliphatic carbocycles. The molecule has 0 fully saturated rings. The maximum absolute atomic E-state index is 12.9. The fourth-order valence-electron chi connectivity index (χ4n) is 0.277. The first-order valence-electron chi connectivity index (χ1n) is 2.80. The Morgan fingerprint density at radius 2 is 1.07 bits per heavy atom. The van der Waals surface area contributed by atoms with Gasteiger partial charge in [-0.2, -0.15) is 22.0 Å². The van der Waals surface area contributed by atoms with Gasteiger partial charge in [-0.05, 0) is 23.2 Å². The van der Waals surface area contributed by atoms with E-state index in [1.165, 1.54) is 0 Å². The van der Waals surface area contributed by atoms with Crippen LogP contribution in [0.25, 0.3) is 0 Å². The van der Waals surface area contributed by atoms with E-state index < -0.39 is 20.6 Å². The molecule has 0 bridgehead atoms. The zero-order valence-corrected chi connectivity index (χ0v) is 9.97. The molecule has 0 spiro atoms. The van der Waals surface area contributed by atoms with Crippen molar-refractivity contribution < 1.29 is 26.7 Å². The van der Waals surface area contributed by atoms with Gasteiger partial charge in [0.05, 0.1) is 0 Å². The predicted molar refractivity (Wildman–Crippen MR) is 46.8 cm³/mol. The first kappa shape index (κ1) is 16.1. The normalized spacial score (nSPS) is 18.8. The molecule has 0 radical (unpaired) electrons. The Morgan fingerprint density at radius 1 is 0.733 bits per heavy atom. The van der Waals surface area contributed by atoms with Gasteiger partial charge in [0.2, 0.25) is 0 Å². The van der Waals surface area contributed by atoms with Crippen LogP contribution < -0.4 is 0 Å². The Labute approximate surface area is 105 Å². The summed E-state index contributed by atoms with van der Waals surface area (Å²) in [6, 6.07) is 0. The van der Waals surface area contributed by atoms with Crippen LogP contribution in [0.5, 0.6) is 0 Å². The van der Waals surface area contributed by atoms with Crippen molar-refractivity contribution in [3.8, 4) is 0 Å². The fourth-order valence-corrected chi connectivity index (χ4v) is 0.528. The summed E-state index contributed by atoms with van der Waals surface area (Å²) in [6.45, 7) is 0. The lowest BCUT2D eigenvalue weighted by atomic mass is 10.6. The zero-order valence-electron chi connectivity index (χ0n) is 6.19. The summed E-state index contributed by atoms with van der Waals surface area (Å²) in [5.74, 6) is 0. The predicted octanol–water partition coefficient (Wildman–Crippen LogP) is 4.66. The smallest absolute Gasteiger partial charge is 0.260 e. The maximum Gasteiger partial charge on any atom is 0.438 e. The first-order valence-corrected chi connectivity index (χ1v) is 4.69. The van der Waals surface area contributed by atoms with Crippen molar-refractivity contribution >= 4 is 58.0 Å². The molecule has 0 aromatic rings. The molecule has 1 nitrogen and oxygen atoms in total. The van der Waals surface area contributed by atoms with Gasteiger partial charge in [0.1, 0.15) is 0 Å². The van der Waals surface area contributed by atoms with Crippen LogP contribution >= 0.6 is 58.0 Å². The SMILES string of the molecule is FC(F)(Cl)C(F)(F)OC(F)(Cl)C(Cl)(Cl)Cl. The lowest BCUT2D eigenvalue weighted by Crippen LogP contribution is -2.48. The Hall–Kier alpha value is 1.06. The van der Waals surface area contributed by atoms with E-state index in [9.17, 15) is 22.0 Å². The van der Waals surface area contributed by atoms with Gasteiger partial charge in [-0.25, -0.2) is 0 Å². The minimum absolute atomic E-state index is 2.84. The first-order chi connectivity index (χ1) is 6.21. The molecular formula is C4Cl5F5O. The number of hydrogen-bond donors (Lipinski definition) is 0. The average molecular weight is 336 g/mol. The van der Waals surface area contributed by atoms with Crippen molar-refractivity contribution in [2.24, 2.45) is 0 Å². The van der Waals surface area contributed by atoms with E-state index >= 15 is 0 Å². The zero-order chi connectivity index (χ0) is 12.7. The number of halogens is 10. The number of alkyl halides is 10. The third kappa shape index (κ3) is 4.09. The van der Waals surface area contributed by atoms with E-state index in [2.05, 4.69) is 27.9 Å². The molecule has 1 unspecified atom stereocenters. The highest BCUT2D eigenvalue weighted by Crippen LogP contribution is 2.50. The van der Waals surface area contributed by atoms with E-state index in [0.717, 1.165) is 0 Å². The third-order valence-corrected chi connectivity index (χ3v) is 2.52. The monoisotopic (exact) mass is 334 g/mol. The van der Waals surface area contributed by atoms with Gasteiger partial charge < -0.3 is 0 Å². The molecule has 0 aliphatic heterocycles. The summed E-state index contributed by atoms with van der Waals surface area (Å²) in [5.41, 5.74) is 0. The second kappa shape index (κ2) is 4.38. The number of hydrogen-bond acceptors (Lipinski definition) is 1. The Balaban J connectivity index is 4.89. The molecule has 0 saturated carbocycles. The van der Waals surface area contributed by atoms with E-state index in [4.69, 9.17) is 34.8 Å². The largest absolute Gasteiger partial charge is 0.438 e. The van der Waals surface area contributed by atoms with Crippen LogP contribution in [-0.2, 0) is 4.74 Å². The number of rotatable bonds is 3. The molecule has 0 N–H and O–H groups in total. The molecule has 1 atom stereocenters. The fraction of sp³-hybridized carbons (Fsp3) is 1.00. The molecular weight excluding hydrogens is 336 g/mol. The Kier molecular flexibility index (Phi) is 4.69. The van der Waals surface area contributed by atoms with Gasteiger partial charge >= 0.3 is 16.8 Å². The standard InChI is InChI=1S/C4Cl5F5O/c5-1(6,7)3(9,12)15-4(13,14)2(8,10)11. The highest BCUT2D eigenvalue weighted by atomic mass is 35.6. The summed E-state index contributed by atoms with van der Waals surface area (Å²) >= 11 is 22.7. The second-order valence-electron chi connectivity index (χ2n) is 2.13. The van der Waals surface area contributed by atoms with E-state index in [0.29, 0.717) is 0 Å². The minimum atomic E-state index is -5.45. The van der Waals surface area contributed by atoms with Gasteiger partial charge in [-0.15, -0.1) is 0 Å². The molecule has 0 aliphatic rings. The molecule has 0 saturated heterocycles. The molecule has 0 aromatic heterocycles. The van der Waals surface area contributed by atoms with E-state index in [-0.39, 0.29) is 0 Å². The Bertz CT molecular complexity index is 209. The highest BCUT2D eigenvalue weighted by molar-refractivity contribution is 6.70. The second-order valence-corrected chi connectivity index (χ2v) is 5.37. The maximum atomic E-state index is 12.9. The van der Waals surface area contributed by atoms with Crippen LogP contribution in [0.4, 0.5) is 22.0 Å². The van der Waals surface area contributed by atoms with Crippen LogP contribution in [0.2, 0.25) is 0 Å². The summed E-state index contributed by atoms with van der Waals surface area (Å²) in [7, 11) is 0. The summed E-state index contributed by atoms with van der Waals surface area (Å²) in [4.78, 5) is 0. The van der Waals surface area contributed by atoms with Crippen LogP contribution in [0.15, 0.2) is 0 Å². The van der Waals surface area contributed by atoms with Gasteiger partial charge in [-0.3, -0.25) is 4.74 Å². The van der Waals surface area contributed by atoms with Crippen molar-refractivity contribution in [1.29, 1.82) is 0 Å².